The molecule has 4 heteroatoms. The summed E-state index contributed by atoms with van der Waals surface area (Å²) in [6, 6.07) is 5.46. The molecule has 1 aliphatic rings. The van der Waals surface area contributed by atoms with Crippen LogP contribution in [-0.4, -0.2) is 33.7 Å². The van der Waals surface area contributed by atoms with Gasteiger partial charge in [0, 0.05) is 24.1 Å². The molecular formula is C13H17BrN2O. The van der Waals surface area contributed by atoms with E-state index in [4.69, 9.17) is 0 Å². The second-order valence-electron chi connectivity index (χ2n) is 4.52. The lowest BCUT2D eigenvalue weighted by Gasteiger charge is -2.33. The molecule has 2 heterocycles. The lowest BCUT2D eigenvalue weighted by Crippen LogP contribution is -2.40. The predicted molar refractivity (Wildman–Crippen MR) is 71.3 cm³/mol. The van der Waals surface area contributed by atoms with Crippen LogP contribution in [0, 0.1) is 5.92 Å². The normalized spacial score (nSPS) is 19.1. The molecule has 17 heavy (non-hydrogen) atoms. The van der Waals surface area contributed by atoms with Crippen LogP contribution in [0.4, 0.5) is 0 Å². The molecule has 0 saturated carbocycles. The Kier molecular flexibility index (Phi) is 4.15. The number of piperidine rings is 1. The number of hydrogen-bond donors (Lipinski definition) is 0. The molecule has 1 aliphatic heterocycles. The van der Waals surface area contributed by atoms with Crippen LogP contribution in [0.5, 0.6) is 0 Å². The highest BCUT2D eigenvalue weighted by molar-refractivity contribution is 9.09. The minimum Gasteiger partial charge on any atom is -0.337 e. The van der Waals surface area contributed by atoms with E-state index < -0.39 is 0 Å². The number of carbonyl (C=O) groups is 1. The molecule has 0 radical (unpaired) electrons. The van der Waals surface area contributed by atoms with Gasteiger partial charge in [0.15, 0.2) is 0 Å². The first kappa shape index (κ1) is 12.6. The molecule has 1 atom stereocenters. The Morgan fingerprint density at radius 1 is 1.47 bits per heavy atom. The van der Waals surface area contributed by atoms with Crippen molar-refractivity contribution in [3.05, 3.63) is 30.1 Å². The van der Waals surface area contributed by atoms with E-state index in [0.717, 1.165) is 25.9 Å². The molecule has 92 valence electrons. The number of amides is 1. The van der Waals surface area contributed by atoms with E-state index in [-0.39, 0.29) is 5.91 Å². The Morgan fingerprint density at radius 2 is 2.18 bits per heavy atom. The SMILES string of the molecule is CC(Br)C1CCN(C(=O)c2ccccn2)CC1. The molecule has 1 aromatic rings. The van der Waals surface area contributed by atoms with E-state index in [1.165, 1.54) is 0 Å². The van der Waals surface area contributed by atoms with Gasteiger partial charge in [-0.15, -0.1) is 0 Å². The Labute approximate surface area is 110 Å². The van der Waals surface area contributed by atoms with Crippen molar-refractivity contribution in [1.82, 2.24) is 9.88 Å². The van der Waals surface area contributed by atoms with Gasteiger partial charge in [0.05, 0.1) is 0 Å². The van der Waals surface area contributed by atoms with E-state index in [1.54, 1.807) is 12.3 Å². The van der Waals surface area contributed by atoms with Gasteiger partial charge in [0.1, 0.15) is 5.69 Å². The van der Waals surface area contributed by atoms with Crippen LogP contribution >= 0.6 is 15.9 Å². The van der Waals surface area contributed by atoms with Crippen molar-refractivity contribution in [2.45, 2.75) is 24.6 Å². The van der Waals surface area contributed by atoms with E-state index >= 15 is 0 Å². The number of carbonyl (C=O) groups excluding carboxylic acids is 1. The van der Waals surface area contributed by atoms with Crippen LogP contribution in [0.1, 0.15) is 30.3 Å². The quantitative estimate of drug-likeness (QED) is 0.786. The maximum Gasteiger partial charge on any atom is 0.272 e. The number of hydrogen-bond acceptors (Lipinski definition) is 2. The molecule has 1 fully saturated rings. The number of rotatable bonds is 2. The average molecular weight is 297 g/mol. The van der Waals surface area contributed by atoms with Gasteiger partial charge in [-0.25, -0.2) is 0 Å². The van der Waals surface area contributed by atoms with Gasteiger partial charge in [0.25, 0.3) is 5.91 Å². The molecule has 1 unspecified atom stereocenters. The van der Waals surface area contributed by atoms with Gasteiger partial charge in [-0.2, -0.15) is 0 Å². The van der Waals surface area contributed by atoms with Crippen molar-refractivity contribution in [3.63, 3.8) is 0 Å². The maximum absolute atomic E-state index is 12.1. The first-order valence-corrected chi connectivity index (χ1v) is 6.94. The molecule has 1 aromatic heterocycles. The third kappa shape index (κ3) is 3.06. The summed E-state index contributed by atoms with van der Waals surface area (Å²) < 4.78 is 0. The van der Waals surface area contributed by atoms with Crippen LogP contribution in [-0.2, 0) is 0 Å². The highest BCUT2D eigenvalue weighted by Gasteiger charge is 2.26. The van der Waals surface area contributed by atoms with E-state index in [1.807, 2.05) is 17.0 Å². The molecule has 0 aromatic carbocycles. The zero-order valence-corrected chi connectivity index (χ0v) is 11.6. The second kappa shape index (κ2) is 5.63. The summed E-state index contributed by atoms with van der Waals surface area (Å²) in [7, 11) is 0. The minimum absolute atomic E-state index is 0.0614. The summed E-state index contributed by atoms with van der Waals surface area (Å²) in [5.41, 5.74) is 0.554. The number of alkyl halides is 1. The number of pyridine rings is 1. The average Bonchev–Trinajstić information content (AvgIpc) is 2.39. The van der Waals surface area contributed by atoms with Gasteiger partial charge in [-0.05, 0) is 30.9 Å². The summed E-state index contributed by atoms with van der Waals surface area (Å²) in [5, 5.41) is 0. The van der Waals surface area contributed by atoms with Crippen molar-refractivity contribution >= 4 is 21.8 Å². The van der Waals surface area contributed by atoms with Crippen molar-refractivity contribution in [2.24, 2.45) is 5.92 Å². The van der Waals surface area contributed by atoms with Crippen LogP contribution in [0.25, 0.3) is 0 Å². The van der Waals surface area contributed by atoms with Gasteiger partial charge in [-0.3, -0.25) is 9.78 Å². The summed E-state index contributed by atoms with van der Waals surface area (Å²) in [6.45, 7) is 3.87. The summed E-state index contributed by atoms with van der Waals surface area (Å²) in [4.78, 5) is 18.7. The van der Waals surface area contributed by atoms with Gasteiger partial charge >= 0.3 is 0 Å². The zero-order chi connectivity index (χ0) is 12.3. The third-order valence-corrected chi connectivity index (χ3v) is 4.11. The topological polar surface area (TPSA) is 33.2 Å². The fourth-order valence-electron chi connectivity index (χ4n) is 2.21. The standard InChI is InChI=1S/C13H17BrN2O/c1-10(14)11-5-8-16(9-6-11)13(17)12-4-2-3-7-15-12/h2-4,7,10-11H,5-6,8-9H2,1H3. The minimum atomic E-state index is 0.0614. The van der Waals surface area contributed by atoms with E-state index in [9.17, 15) is 4.79 Å². The van der Waals surface area contributed by atoms with Crippen LogP contribution in [0.15, 0.2) is 24.4 Å². The summed E-state index contributed by atoms with van der Waals surface area (Å²) in [5.74, 6) is 0.744. The van der Waals surface area contributed by atoms with E-state index in [2.05, 4.69) is 27.8 Å². The van der Waals surface area contributed by atoms with Gasteiger partial charge in [0.2, 0.25) is 0 Å². The van der Waals surface area contributed by atoms with Crippen molar-refractivity contribution in [2.75, 3.05) is 13.1 Å². The van der Waals surface area contributed by atoms with Crippen LogP contribution in [0.3, 0.4) is 0 Å². The molecular weight excluding hydrogens is 280 g/mol. The number of likely N-dealkylation sites (tertiary alicyclic amines) is 1. The maximum atomic E-state index is 12.1. The molecule has 0 N–H and O–H groups in total. The lowest BCUT2D eigenvalue weighted by molar-refractivity contribution is 0.0685. The molecule has 0 bridgehead atoms. The number of halogens is 1. The Balaban J connectivity index is 1.95. The first-order chi connectivity index (χ1) is 8.18. The fraction of sp³-hybridized carbons (Fsp3) is 0.538. The zero-order valence-electron chi connectivity index (χ0n) is 9.97. The van der Waals surface area contributed by atoms with Crippen molar-refractivity contribution in [1.29, 1.82) is 0 Å². The first-order valence-electron chi connectivity index (χ1n) is 6.03. The largest absolute Gasteiger partial charge is 0.337 e. The fourth-order valence-corrected chi connectivity index (χ4v) is 2.74. The molecule has 1 saturated heterocycles. The Bertz CT molecular complexity index is 372. The lowest BCUT2D eigenvalue weighted by atomic mass is 9.94. The van der Waals surface area contributed by atoms with E-state index in [0.29, 0.717) is 16.4 Å². The highest BCUT2D eigenvalue weighted by atomic mass is 79.9. The van der Waals surface area contributed by atoms with Crippen molar-refractivity contribution in [3.8, 4) is 0 Å². The van der Waals surface area contributed by atoms with Gasteiger partial charge in [-0.1, -0.05) is 28.9 Å². The molecule has 3 nitrogen and oxygen atoms in total. The molecule has 1 amide bonds. The Hall–Kier alpha value is -0.900. The predicted octanol–water partition coefficient (Wildman–Crippen LogP) is 2.72. The Morgan fingerprint density at radius 3 is 2.71 bits per heavy atom. The molecule has 0 spiro atoms. The highest BCUT2D eigenvalue weighted by Crippen LogP contribution is 2.25. The third-order valence-electron chi connectivity index (χ3n) is 3.36. The monoisotopic (exact) mass is 296 g/mol. The summed E-state index contributed by atoms with van der Waals surface area (Å²) >= 11 is 3.62. The smallest absolute Gasteiger partial charge is 0.272 e. The van der Waals surface area contributed by atoms with Crippen LogP contribution in [0.2, 0.25) is 0 Å². The molecule has 2 rings (SSSR count). The molecule has 0 aliphatic carbocycles. The number of nitrogens with zero attached hydrogens (tertiary/aromatic N) is 2. The summed E-state index contributed by atoms with van der Waals surface area (Å²) in [6.07, 6.45) is 3.82. The second-order valence-corrected chi connectivity index (χ2v) is 5.97. The van der Waals surface area contributed by atoms with Crippen LogP contribution < -0.4 is 0 Å². The van der Waals surface area contributed by atoms with Gasteiger partial charge < -0.3 is 4.90 Å². The van der Waals surface area contributed by atoms with Crippen molar-refractivity contribution < 1.29 is 4.79 Å². The number of aromatic nitrogens is 1.